The quantitative estimate of drug-likeness (QED) is 0.596. The molecule has 0 atom stereocenters. The lowest BCUT2D eigenvalue weighted by atomic mass is 9.96. The second kappa shape index (κ2) is 3.30. The zero-order chi connectivity index (χ0) is 8.20. The number of aliphatic carboxylic acids is 1. The van der Waals surface area contributed by atoms with Gasteiger partial charge in [0.05, 0.1) is 0 Å². The highest BCUT2D eigenvalue weighted by Gasteiger charge is 2.10. The van der Waals surface area contributed by atoms with Crippen molar-refractivity contribution in [1.82, 2.24) is 0 Å². The van der Waals surface area contributed by atoms with E-state index < -0.39 is 5.97 Å². The predicted molar refractivity (Wildman–Crippen MR) is 40.5 cm³/mol. The van der Waals surface area contributed by atoms with E-state index in [1.165, 1.54) is 0 Å². The van der Waals surface area contributed by atoms with Crippen molar-refractivity contribution in [3.63, 3.8) is 0 Å². The molecular weight excluding hydrogens is 128 g/mol. The van der Waals surface area contributed by atoms with Gasteiger partial charge in [0.2, 0.25) is 0 Å². The number of hydrogen-bond donors (Lipinski definition) is 1. The van der Waals surface area contributed by atoms with Gasteiger partial charge < -0.3 is 5.11 Å². The molecule has 0 saturated heterocycles. The lowest BCUT2D eigenvalue weighted by Gasteiger charge is -2.03. The Morgan fingerprint density at radius 2 is 2.00 bits per heavy atom. The maximum Gasteiger partial charge on any atom is 0.413 e. The van der Waals surface area contributed by atoms with E-state index in [1.54, 1.807) is 6.08 Å². The standard InChI is InChI=1S/C8H12O2/c1-8(2,3)6-4-5-7(9)10/h4-6H,1-3H3/p+1. The monoisotopic (exact) mass is 141 g/mol. The summed E-state index contributed by atoms with van der Waals surface area (Å²) in [6.07, 6.45) is 4.54. The highest BCUT2D eigenvalue weighted by Crippen LogP contribution is 2.14. The second-order valence-corrected chi connectivity index (χ2v) is 3.23. The van der Waals surface area contributed by atoms with Crippen LogP contribution in [0.15, 0.2) is 12.2 Å². The summed E-state index contributed by atoms with van der Waals surface area (Å²) in [5, 5.41) is 8.20. The average Bonchev–Trinajstić information content (AvgIpc) is 1.59. The van der Waals surface area contributed by atoms with E-state index in [-0.39, 0.29) is 5.41 Å². The van der Waals surface area contributed by atoms with Crippen molar-refractivity contribution in [1.29, 1.82) is 0 Å². The lowest BCUT2D eigenvalue weighted by Crippen LogP contribution is -2.00. The zero-order valence-electron chi connectivity index (χ0n) is 6.59. The van der Waals surface area contributed by atoms with Crippen LogP contribution in [0, 0.1) is 11.8 Å². The topological polar surface area (TPSA) is 37.3 Å². The van der Waals surface area contributed by atoms with Crippen LogP contribution in [-0.2, 0) is 4.79 Å². The summed E-state index contributed by atoms with van der Waals surface area (Å²) in [7, 11) is 0. The van der Waals surface area contributed by atoms with Gasteiger partial charge in [-0.05, 0) is 20.8 Å². The highest BCUT2D eigenvalue weighted by molar-refractivity contribution is 5.79. The molecule has 56 valence electrons. The minimum atomic E-state index is -0.902. The smallest absolute Gasteiger partial charge is 0.413 e. The van der Waals surface area contributed by atoms with Gasteiger partial charge in [0.25, 0.3) is 0 Å². The predicted octanol–water partition coefficient (Wildman–Crippen LogP) is 1.88. The molecule has 0 saturated carbocycles. The van der Waals surface area contributed by atoms with Crippen molar-refractivity contribution in [2.75, 3.05) is 0 Å². The van der Waals surface area contributed by atoms with Gasteiger partial charge in [-0.3, -0.25) is 0 Å². The van der Waals surface area contributed by atoms with Crippen LogP contribution in [0.3, 0.4) is 0 Å². The minimum Gasteiger partial charge on any atom is -0.463 e. The molecule has 0 aliphatic carbocycles. The van der Waals surface area contributed by atoms with Crippen molar-refractivity contribution >= 4 is 5.97 Å². The maximum atomic E-state index is 9.98. The molecule has 1 N–H and O–H groups in total. The number of carboxylic acid groups (broad SMARTS) is 1. The van der Waals surface area contributed by atoms with Gasteiger partial charge in [0.15, 0.2) is 6.42 Å². The van der Waals surface area contributed by atoms with Crippen molar-refractivity contribution < 1.29 is 9.90 Å². The maximum absolute atomic E-state index is 9.98. The molecule has 2 heteroatoms. The van der Waals surface area contributed by atoms with E-state index in [0.29, 0.717) is 0 Å². The van der Waals surface area contributed by atoms with Crippen LogP contribution in [0.25, 0.3) is 0 Å². The van der Waals surface area contributed by atoms with Gasteiger partial charge in [-0.1, -0.05) is 0 Å². The first-order chi connectivity index (χ1) is 4.42. The molecule has 0 bridgehead atoms. The molecule has 0 radical (unpaired) electrons. The molecule has 0 aliphatic rings. The first kappa shape index (κ1) is 9.08. The molecule has 2 nitrogen and oxygen atoms in total. The normalized spacial score (nSPS) is 11.9. The van der Waals surface area contributed by atoms with Crippen molar-refractivity contribution in [3.8, 4) is 0 Å². The largest absolute Gasteiger partial charge is 0.463 e. The molecule has 0 aromatic rings. The number of rotatable bonds is 2. The molecule has 0 unspecified atom stereocenters. The second-order valence-electron chi connectivity index (χ2n) is 3.23. The van der Waals surface area contributed by atoms with Gasteiger partial charge in [0.1, 0.15) is 6.08 Å². The van der Waals surface area contributed by atoms with E-state index in [0.717, 1.165) is 6.42 Å². The summed E-state index contributed by atoms with van der Waals surface area (Å²) >= 11 is 0. The van der Waals surface area contributed by atoms with Gasteiger partial charge in [0, 0.05) is 11.5 Å². The van der Waals surface area contributed by atoms with Gasteiger partial charge in [-0.2, -0.15) is 0 Å². The van der Waals surface area contributed by atoms with Crippen molar-refractivity contribution in [3.05, 3.63) is 18.6 Å². The summed E-state index contributed by atoms with van der Waals surface area (Å²) in [6.45, 7) is 6.04. The zero-order valence-corrected chi connectivity index (χ0v) is 6.59. The molecule has 0 aliphatic heterocycles. The average molecular weight is 141 g/mol. The summed E-state index contributed by atoms with van der Waals surface area (Å²) < 4.78 is 0. The Labute approximate surface area is 61.6 Å². The SMILES string of the molecule is CC(C)(C)C=C[CH+]C(=O)O. The first-order valence-electron chi connectivity index (χ1n) is 3.17. The first-order valence-corrected chi connectivity index (χ1v) is 3.17. The Balaban J connectivity index is 3.67. The van der Waals surface area contributed by atoms with E-state index in [4.69, 9.17) is 5.11 Å². The molecule has 0 heterocycles. The van der Waals surface area contributed by atoms with E-state index >= 15 is 0 Å². The van der Waals surface area contributed by atoms with Gasteiger partial charge in [-0.15, -0.1) is 0 Å². The third-order valence-electron chi connectivity index (χ3n) is 0.835. The molecule has 0 aromatic carbocycles. The van der Waals surface area contributed by atoms with E-state index in [9.17, 15) is 4.79 Å². The molecule has 10 heavy (non-hydrogen) atoms. The molecule has 0 aromatic heterocycles. The van der Waals surface area contributed by atoms with Crippen LogP contribution >= 0.6 is 0 Å². The third-order valence-corrected chi connectivity index (χ3v) is 0.835. The van der Waals surface area contributed by atoms with Gasteiger partial charge >= 0.3 is 5.97 Å². The lowest BCUT2D eigenvalue weighted by molar-refractivity contribution is -0.132. The van der Waals surface area contributed by atoms with Crippen LogP contribution < -0.4 is 0 Å². The summed E-state index contributed by atoms with van der Waals surface area (Å²) in [5.74, 6) is -0.902. The van der Waals surface area contributed by atoms with E-state index in [1.807, 2.05) is 26.8 Å². The van der Waals surface area contributed by atoms with Crippen molar-refractivity contribution in [2.24, 2.45) is 5.41 Å². The minimum absolute atomic E-state index is 0.0615. The Bertz CT molecular complexity index is 140. The third kappa shape index (κ3) is 7.08. The summed E-state index contributed by atoms with van der Waals surface area (Å²) in [4.78, 5) is 9.98. The molecule has 0 spiro atoms. The molecular formula is C8H13O2+. The van der Waals surface area contributed by atoms with Crippen LogP contribution in [0.2, 0.25) is 0 Å². The van der Waals surface area contributed by atoms with Crippen LogP contribution in [0.1, 0.15) is 20.8 Å². The number of carbonyl (C=O) groups is 1. The Morgan fingerprint density at radius 1 is 1.50 bits per heavy atom. The number of hydrogen-bond acceptors (Lipinski definition) is 1. The van der Waals surface area contributed by atoms with Crippen LogP contribution in [-0.4, -0.2) is 11.1 Å². The van der Waals surface area contributed by atoms with Crippen molar-refractivity contribution in [2.45, 2.75) is 20.8 Å². The Hall–Kier alpha value is -0.920. The summed E-state index contributed by atoms with van der Waals surface area (Å²) in [5.41, 5.74) is 0.0615. The van der Waals surface area contributed by atoms with Crippen LogP contribution in [0.4, 0.5) is 0 Å². The fourth-order valence-electron chi connectivity index (χ4n) is 0.419. The highest BCUT2D eigenvalue weighted by atomic mass is 16.4. The molecule has 0 rings (SSSR count). The molecule has 0 amide bonds. The van der Waals surface area contributed by atoms with Crippen LogP contribution in [0.5, 0.6) is 0 Å². The fraction of sp³-hybridized carbons (Fsp3) is 0.500. The Morgan fingerprint density at radius 3 is 2.30 bits per heavy atom. The molecule has 0 fully saturated rings. The number of allylic oxidation sites excluding steroid dienone is 1. The summed E-state index contributed by atoms with van der Waals surface area (Å²) in [6, 6.07) is 0. The fourth-order valence-corrected chi connectivity index (χ4v) is 0.419. The number of carboxylic acids is 1. The Kier molecular flexibility index (Phi) is 3.00. The van der Waals surface area contributed by atoms with E-state index in [2.05, 4.69) is 0 Å². The van der Waals surface area contributed by atoms with Gasteiger partial charge in [-0.25, -0.2) is 4.79 Å².